The van der Waals surface area contributed by atoms with Crippen LogP contribution in [0.2, 0.25) is 0 Å². The molecule has 3 rings (SSSR count). The molecule has 0 aliphatic carbocycles. The average Bonchev–Trinajstić information content (AvgIpc) is 2.74. The normalized spacial score (nSPS) is 27.0. The lowest BCUT2D eigenvalue weighted by atomic mass is 9.99. The first-order valence-electron chi connectivity index (χ1n) is 9.69. The molecule has 0 spiro atoms. The number of aliphatic hydroxyl groups excluding tert-OH is 4. The Labute approximate surface area is 177 Å². The first-order valence-corrected chi connectivity index (χ1v) is 9.69. The first-order chi connectivity index (χ1) is 14.6. The second-order valence-corrected chi connectivity index (χ2v) is 7.61. The van der Waals surface area contributed by atoms with Crippen LogP contribution in [-0.2, 0) is 15.9 Å². The van der Waals surface area contributed by atoms with Crippen molar-refractivity contribution in [1.29, 1.82) is 0 Å². The van der Waals surface area contributed by atoms with E-state index in [1.165, 1.54) is 12.3 Å². The monoisotopic (exact) mass is 438 g/mol. The predicted octanol–water partition coefficient (Wildman–Crippen LogP) is -0.182. The zero-order valence-electron chi connectivity index (χ0n) is 17.1. The van der Waals surface area contributed by atoms with Crippen molar-refractivity contribution in [3.8, 4) is 11.5 Å². The third-order valence-electron chi connectivity index (χ3n) is 5.27. The van der Waals surface area contributed by atoms with Crippen molar-refractivity contribution < 1.29 is 44.5 Å². The zero-order valence-corrected chi connectivity index (χ0v) is 17.1. The minimum atomic E-state index is -1.54. The lowest BCUT2D eigenvalue weighted by molar-refractivity contribution is -0.299. The van der Waals surface area contributed by atoms with Crippen LogP contribution < -0.4 is 5.43 Å². The molecular weight excluding hydrogens is 412 g/mol. The highest BCUT2D eigenvalue weighted by Gasteiger charge is 2.43. The molecular formula is C21H26O10. The summed E-state index contributed by atoms with van der Waals surface area (Å²) in [7, 11) is 0. The summed E-state index contributed by atoms with van der Waals surface area (Å²) in [5.41, 5.74) is 0.776. The zero-order chi connectivity index (χ0) is 22.9. The van der Waals surface area contributed by atoms with Gasteiger partial charge in [0, 0.05) is 11.1 Å². The van der Waals surface area contributed by atoms with Crippen molar-refractivity contribution in [2.75, 3.05) is 13.2 Å². The van der Waals surface area contributed by atoms with Crippen LogP contribution in [-0.4, -0.2) is 74.6 Å². The fourth-order valence-electron chi connectivity index (χ4n) is 3.33. The van der Waals surface area contributed by atoms with Gasteiger partial charge in [-0.1, -0.05) is 11.6 Å². The van der Waals surface area contributed by atoms with Gasteiger partial charge in [0.25, 0.3) is 0 Å². The number of aryl methyl sites for hydroxylation is 1. The Morgan fingerprint density at radius 3 is 2.58 bits per heavy atom. The number of benzene rings is 1. The fourth-order valence-corrected chi connectivity index (χ4v) is 3.33. The second-order valence-electron chi connectivity index (χ2n) is 7.61. The van der Waals surface area contributed by atoms with Gasteiger partial charge in [0.05, 0.1) is 24.9 Å². The summed E-state index contributed by atoms with van der Waals surface area (Å²) < 4.78 is 16.0. The van der Waals surface area contributed by atoms with Crippen molar-refractivity contribution >= 4 is 11.0 Å². The van der Waals surface area contributed by atoms with Crippen LogP contribution in [0.5, 0.6) is 11.5 Å². The van der Waals surface area contributed by atoms with E-state index < -0.39 is 37.3 Å². The Morgan fingerprint density at radius 2 is 1.90 bits per heavy atom. The van der Waals surface area contributed by atoms with Gasteiger partial charge in [0.2, 0.25) is 0 Å². The Kier molecular flexibility index (Phi) is 6.99. The minimum Gasteiger partial charge on any atom is -0.507 e. The maximum atomic E-state index is 12.2. The van der Waals surface area contributed by atoms with Crippen LogP contribution >= 0.6 is 0 Å². The van der Waals surface area contributed by atoms with Crippen molar-refractivity contribution in [3.63, 3.8) is 0 Å². The summed E-state index contributed by atoms with van der Waals surface area (Å²) in [6.45, 7) is 2.67. The van der Waals surface area contributed by atoms with Gasteiger partial charge in [-0.2, -0.15) is 0 Å². The Balaban J connectivity index is 1.72. The molecule has 0 radical (unpaired) electrons. The van der Waals surface area contributed by atoms with Gasteiger partial charge in [-0.25, -0.2) is 0 Å². The number of aliphatic hydroxyl groups is 4. The number of phenols is 2. The third-order valence-corrected chi connectivity index (χ3v) is 5.27. The third kappa shape index (κ3) is 4.59. The van der Waals surface area contributed by atoms with Crippen LogP contribution in [0.15, 0.2) is 33.2 Å². The van der Waals surface area contributed by atoms with E-state index in [9.17, 15) is 35.4 Å². The topological polar surface area (TPSA) is 170 Å². The summed E-state index contributed by atoms with van der Waals surface area (Å²) in [6.07, 6.45) is -3.88. The van der Waals surface area contributed by atoms with E-state index in [4.69, 9.17) is 13.9 Å². The SMILES string of the molecule is CC(=CCc1c(O)cc2c(=O)c(C)coc2c1O)COC1OC(CO)C(O)C(O)C1O. The van der Waals surface area contributed by atoms with Gasteiger partial charge in [0.15, 0.2) is 23.1 Å². The van der Waals surface area contributed by atoms with Crippen LogP contribution in [0, 0.1) is 6.92 Å². The van der Waals surface area contributed by atoms with Gasteiger partial charge in [-0.15, -0.1) is 0 Å². The van der Waals surface area contributed by atoms with Gasteiger partial charge >= 0.3 is 0 Å². The van der Waals surface area contributed by atoms with Gasteiger partial charge in [-0.05, 0) is 26.3 Å². The minimum absolute atomic E-state index is 0.0213. The molecule has 1 aliphatic heterocycles. The summed E-state index contributed by atoms with van der Waals surface area (Å²) in [5, 5.41) is 59.6. The van der Waals surface area contributed by atoms with Gasteiger partial charge < -0.3 is 44.5 Å². The van der Waals surface area contributed by atoms with E-state index in [-0.39, 0.29) is 46.5 Å². The van der Waals surface area contributed by atoms with Crippen LogP contribution in [0.3, 0.4) is 0 Å². The number of hydrogen-bond acceptors (Lipinski definition) is 10. The van der Waals surface area contributed by atoms with Crippen molar-refractivity contribution in [3.05, 3.63) is 45.3 Å². The molecule has 170 valence electrons. The maximum absolute atomic E-state index is 12.2. The van der Waals surface area contributed by atoms with E-state index in [1.54, 1.807) is 19.9 Å². The highest BCUT2D eigenvalue weighted by atomic mass is 16.7. The molecule has 5 atom stereocenters. The molecule has 1 aromatic carbocycles. The number of ether oxygens (including phenoxy) is 2. The molecule has 1 aromatic heterocycles. The van der Waals surface area contributed by atoms with Crippen LogP contribution in [0.1, 0.15) is 18.1 Å². The summed E-state index contributed by atoms with van der Waals surface area (Å²) in [5.74, 6) is -0.604. The molecule has 31 heavy (non-hydrogen) atoms. The maximum Gasteiger partial charge on any atom is 0.195 e. The molecule has 0 bridgehead atoms. The molecule has 5 unspecified atom stereocenters. The van der Waals surface area contributed by atoms with Gasteiger partial charge in [0.1, 0.15) is 30.2 Å². The molecule has 0 amide bonds. The lowest BCUT2D eigenvalue weighted by Crippen LogP contribution is -2.59. The number of fused-ring (bicyclic) bond motifs is 1. The highest BCUT2D eigenvalue weighted by molar-refractivity contribution is 5.86. The molecule has 0 saturated carbocycles. The molecule has 1 saturated heterocycles. The van der Waals surface area contributed by atoms with E-state index in [1.807, 2.05) is 0 Å². The first kappa shape index (κ1) is 23.2. The standard InChI is InChI=1S/C21H26O10/c1-9(7-30-21-19(28)18(27)17(26)14(6-22)31-21)3-4-11-13(23)5-12-15(24)10(2)8-29-20(12)16(11)25/h3,5,8,14,17-19,21-23,25-28H,4,6-7H2,1-2H3. The molecule has 10 heteroatoms. The number of hydrogen-bond donors (Lipinski definition) is 6. The smallest absolute Gasteiger partial charge is 0.195 e. The van der Waals surface area contributed by atoms with Gasteiger partial charge in [-0.3, -0.25) is 4.79 Å². The van der Waals surface area contributed by atoms with E-state index >= 15 is 0 Å². The summed E-state index contributed by atoms with van der Waals surface area (Å²) in [6, 6.07) is 1.25. The molecule has 2 heterocycles. The van der Waals surface area contributed by atoms with E-state index in [0.29, 0.717) is 11.1 Å². The van der Waals surface area contributed by atoms with Crippen LogP contribution in [0.4, 0.5) is 0 Å². The molecule has 1 aliphatic rings. The highest BCUT2D eigenvalue weighted by Crippen LogP contribution is 2.35. The predicted molar refractivity (Wildman–Crippen MR) is 108 cm³/mol. The van der Waals surface area contributed by atoms with E-state index in [0.717, 1.165) is 0 Å². The van der Waals surface area contributed by atoms with Crippen molar-refractivity contribution in [2.24, 2.45) is 0 Å². The number of rotatable bonds is 6. The quantitative estimate of drug-likeness (QED) is 0.333. The molecule has 10 nitrogen and oxygen atoms in total. The molecule has 1 fully saturated rings. The Morgan fingerprint density at radius 1 is 1.19 bits per heavy atom. The van der Waals surface area contributed by atoms with Crippen molar-refractivity contribution in [1.82, 2.24) is 0 Å². The largest absolute Gasteiger partial charge is 0.507 e. The number of allylic oxidation sites excluding steroid dienone is 1. The van der Waals surface area contributed by atoms with Crippen LogP contribution in [0.25, 0.3) is 11.0 Å². The number of phenolic OH excluding ortho intramolecular Hbond substituents is 2. The Hall–Kier alpha value is -2.47. The summed E-state index contributed by atoms with van der Waals surface area (Å²) in [4.78, 5) is 12.2. The van der Waals surface area contributed by atoms with Crippen molar-refractivity contribution in [2.45, 2.75) is 51.0 Å². The number of aromatic hydroxyl groups is 2. The van der Waals surface area contributed by atoms with E-state index in [2.05, 4.69) is 0 Å². The Bertz CT molecular complexity index is 1020. The lowest BCUT2D eigenvalue weighted by Gasteiger charge is -2.39. The molecule has 2 aromatic rings. The fraction of sp³-hybridized carbons (Fsp3) is 0.476. The molecule has 6 N–H and O–H groups in total. The second kappa shape index (κ2) is 9.35. The average molecular weight is 438 g/mol. The summed E-state index contributed by atoms with van der Waals surface area (Å²) >= 11 is 0.